The maximum Gasteiger partial charge on any atom is 0.251 e. The first kappa shape index (κ1) is 18.1. The number of imidazole rings is 1. The Morgan fingerprint density at radius 1 is 1.15 bits per heavy atom. The smallest absolute Gasteiger partial charge is 0.251 e. The highest BCUT2D eigenvalue weighted by Crippen LogP contribution is 2.13. The van der Waals surface area contributed by atoms with Crippen LogP contribution < -0.4 is 10.6 Å². The minimum absolute atomic E-state index is 0.186. The summed E-state index contributed by atoms with van der Waals surface area (Å²) in [5.74, 6) is 1.21. The zero-order valence-corrected chi connectivity index (χ0v) is 15.1. The normalized spacial score (nSPS) is 10.3. The summed E-state index contributed by atoms with van der Waals surface area (Å²) in [7, 11) is 0. The molecule has 136 valence electrons. The molecule has 8 heteroatoms. The molecule has 1 aromatic carbocycles. The van der Waals surface area contributed by atoms with Crippen LogP contribution in [-0.4, -0.2) is 38.5 Å². The maximum absolute atomic E-state index is 12.1. The van der Waals surface area contributed by atoms with E-state index in [1.807, 2.05) is 30.6 Å². The van der Waals surface area contributed by atoms with Crippen molar-refractivity contribution in [3.8, 4) is 11.9 Å². The minimum atomic E-state index is -0.186. The molecule has 8 nitrogen and oxygen atoms in total. The van der Waals surface area contributed by atoms with Gasteiger partial charge in [-0.1, -0.05) is 0 Å². The molecule has 27 heavy (non-hydrogen) atoms. The van der Waals surface area contributed by atoms with Crippen molar-refractivity contribution in [1.29, 1.82) is 5.26 Å². The van der Waals surface area contributed by atoms with Crippen LogP contribution in [0.1, 0.15) is 27.3 Å². The van der Waals surface area contributed by atoms with Crippen molar-refractivity contribution in [2.24, 2.45) is 0 Å². The summed E-state index contributed by atoms with van der Waals surface area (Å²) in [6, 6.07) is 10.4. The van der Waals surface area contributed by atoms with Gasteiger partial charge < -0.3 is 10.6 Å². The lowest BCUT2D eigenvalue weighted by atomic mass is 10.1. The van der Waals surface area contributed by atoms with Crippen LogP contribution in [0.2, 0.25) is 0 Å². The first-order chi connectivity index (χ1) is 13.1. The number of carbonyl (C=O) groups excluding carboxylic acids is 1. The van der Waals surface area contributed by atoms with Crippen molar-refractivity contribution in [3.05, 3.63) is 65.5 Å². The van der Waals surface area contributed by atoms with E-state index in [2.05, 4.69) is 25.6 Å². The number of benzene rings is 1. The fourth-order valence-electron chi connectivity index (χ4n) is 2.47. The van der Waals surface area contributed by atoms with Gasteiger partial charge in [0.1, 0.15) is 24.3 Å². The molecule has 0 fully saturated rings. The number of hydrogen-bond donors (Lipinski definition) is 2. The van der Waals surface area contributed by atoms with E-state index < -0.39 is 0 Å². The summed E-state index contributed by atoms with van der Waals surface area (Å²) in [4.78, 5) is 24.8. The second-order valence-electron chi connectivity index (χ2n) is 5.92. The van der Waals surface area contributed by atoms with Gasteiger partial charge in [0.05, 0.1) is 17.3 Å². The number of hydrogen-bond acceptors (Lipinski definition) is 6. The number of amides is 1. The lowest BCUT2D eigenvalue weighted by Gasteiger charge is -2.09. The zero-order chi connectivity index (χ0) is 19.2. The molecular formula is C19H19N7O. The third-order valence-corrected chi connectivity index (χ3v) is 4.14. The first-order valence-corrected chi connectivity index (χ1v) is 8.43. The predicted molar refractivity (Wildman–Crippen MR) is 101 cm³/mol. The highest BCUT2D eigenvalue weighted by molar-refractivity contribution is 5.94. The van der Waals surface area contributed by atoms with Crippen LogP contribution >= 0.6 is 0 Å². The van der Waals surface area contributed by atoms with E-state index in [1.165, 1.54) is 6.33 Å². The lowest BCUT2D eigenvalue weighted by molar-refractivity contribution is 0.0955. The number of nitriles is 1. The third kappa shape index (κ3) is 4.27. The van der Waals surface area contributed by atoms with Gasteiger partial charge >= 0.3 is 0 Å². The fourth-order valence-corrected chi connectivity index (χ4v) is 2.47. The Hall–Kier alpha value is -3.73. The zero-order valence-electron chi connectivity index (χ0n) is 15.1. The average molecular weight is 361 g/mol. The van der Waals surface area contributed by atoms with Crippen molar-refractivity contribution in [2.45, 2.75) is 13.8 Å². The molecule has 0 saturated heterocycles. The van der Waals surface area contributed by atoms with Crippen molar-refractivity contribution in [2.75, 3.05) is 18.4 Å². The van der Waals surface area contributed by atoms with E-state index in [0.29, 0.717) is 30.0 Å². The second kappa shape index (κ2) is 8.10. The Kier molecular flexibility index (Phi) is 5.42. The summed E-state index contributed by atoms with van der Waals surface area (Å²) < 4.78 is 1.90. The molecule has 0 atom stereocenters. The second-order valence-corrected chi connectivity index (χ2v) is 5.92. The first-order valence-electron chi connectivity index (χ1n) is 8.43. The highest BCUT2D eigenvalue weighted by Gasteiger charge is 2.07. The standard InChI is InChI=1S/C19H19N7O/c1-13-14(2)26(12-25-13)18-9-17(23-11-24-18)21-7-8-22-19(27)16-5-3-15(10-20)4-6-16/h3-6,9,11-12H,7-8H2,1-2H3,(H,22,27)(H,21,23,24). The summed E-state index contributed by atoms with van der Waals surface area (Å²) in [5, 5.41) is 14.8. The van der Waals surface area contributed by atoms with E-state index in [1.54, 1.807) is 30.6 Å². The van der Waals surface area contributed by atoms with E-state index in [-0.39, 0.29) is 5.91 Å². The van der Waals surface area contributed by atoms with Gasteiger partial charge in [-0.15, -0.1) is 0 Å². The molecule has 0 spiro atoms. The minimum Gasteiger partial charge on any atom is -0.368 e. The van der Waals surface area contributed by atoms with Gasteiger partial charge in [-0.25, -0.2) is 15.0 Å². The molecule has 0 bridgehead atoms. The quantitative estimate of drug-likeness (QED) is 0.650. The summed E-state index contributed by atoms with van der Waals surface area (Å²) in [5.41, 5.74) is 3.02. The van der Waals surface area contributed by atoms with Crippen molar-refractivity contribution in [1.82, 2.24) is 24.8 Å². The Labute approximate surface area is 156 Å². The van der Waals surface area contributed by atoms with Gasteiger partial charge in [0.2, 0.25) is 0 Å². The highest BCUT2D eigenvalue weighted by atomic mass is 16.1. The number of nitrogens with zero attached hydrogens (tertiary/aromatic N) is 5. The molecule has 0 saturated carbocycles. The van der Waals surface area contributed by atoms with Crippen molar-refractivity contribution in [3.63, 3.8) is 0 Å². The van der Waals surface area contributed by atoms with Gasteiger partial charge in [0.25, 0.3) is 5.91 Å². The number of anilines is 1. The number of carbonyl (C=O) groups is 1. The van der Waals surface area contributed by atoms with Crippen LogP contribution in [0.5, 0.6) is 0 Å². The Morgan fingerprint density at radius 3 is 2.59 bits per heavy atom. The SMILES string of the molecule is Cc1ncn(-c2cc(NCCNC(=O)c3ccc(C#N)cc3)ncn2)c1C. The van der Waals surface area contributed by atoms with Crippen molar-refractivity contribution < 1.29 is 4.79 Å². The van der Waals surface area contributed by atoms with Crippen LogP contribution in [0, 0.1) is 25.2 Å². The van der Waals surface area contributed by atoms with Crippen LogP contribution in [0.3, 0.4) is 0 Å². The van der Waals surface area contributed by atoms with Gasteiger partial charge in [0, 0.05) is 30.4 Å². The monoisotopic (exact) mass is 361 g/mol. The maximum atomic E-state index is 12.1. The molecule has 0 unspecified atom stereocenters. The molecule has 0 aliphatic heterocycles. The number of aryl methyl sites for hydroxylation is 1. The fraction of sp³-hybridized carbons (Fsp3) is 0.211. The molecular weight excluding hydrogens is 342 g/mol. The number of aromatic nitrogens is 4. The van der Waals surface area contributed by atoms with E-state index >= 15 is 0 Å². The number of nitrogens with one attached hydrogen (secondary N) is 2. The molecule has 2 N–H and O–H groups in total. The van der Waals surface area contributed by atoms with Gasteiger partial charge in [0.15, 0.2) is 0 Å². The molecule has 2 aromatic heterocycles. The molecule has 0 aliphatic rings. The third-order valence-electron chi connectivity index (χ3n) is 4.14. The van der Waals surface area contributed by atoms with Crippen LogP contribution in [0.15, 0.2) is 43.0 Å². The average Bonchev–Trinajstić information content (AvgIpc) is 3.04. The molecule has 0 aliphatic carbocycles. The topological polar surface area (TPSA) is 109 Å². The Balaban J connectivity index is 1.53. The Morgan fingerprint density at radius 2 is 1.93 bits per heavy atom. The van der Waals surface area contributed by atoms with E-state index in [4.69, 9.17) is 5.26 Å². The summed E-state index contributed by atoms with van der Waals surface area (Å²) in [6.45, 7) is 4.88. The molecule has 2 heterocycles. The van der Waals surface area contributed by atoms with E-state index in [9.17, 15) is 4.79 Å². The lowest BCUT2D eigenvalue weighted by Crippen LogP contribution is -2.28. The Bertz CT molecular complexity index is 986. The van der Waals surface area contributed by atoms with Gasteiger partial charge in [-0.3, -0.25) is 9.36 Å². The molecule has 3 rings (SSSR count). The van der Waals surface area contributed by atoms with Crippen molar-refractivity contribution >= 4 is 11.7 Å². The van der Waals surface area contributed by atoms with E-state index in [0.717, 1.165) is 17.2 Å². The molecule has 0 radical (unpaired) electrons. The molecule has 3 aromatic rings. The van der Waals surface area contributed by atoms with Gasteiger partial charge in [-0.2, -0.15) is 5.26 Å². The van der Waals surface area contributed by atoms with Crippen LogP contribution in [0.4, 0.5) is 5.82 Å². The predicted octanol–water partition coefficient (Wildman–Crippen LogP) is 1.99. The summed E-state index contributed by atoms with van der Waals surface area (Å²) >= 11 is 0. The van der Waals surface area contributed by atoms with Gasteiger partial charge in [-0.05, 0) is 38.1 Å². The van der Waals surface area contributed by atoms with Crippen LogP contribution in [0.25, 0.3) is 5.82 Å². The van der Waals surface area contributed by atoms with Crippen LogP contribution in [-0.2, 0) is 0 Å². The summed E-state index contributed by atoms with van der Waals surface area (Å²) in [6.07, 6.45) is 3.22. The largest absolute Gasteiger partial charge is 0.368 e. The number of rotatable bonds is 6. The molecule has 1 amide bonds.